The number of carboxylic acids is 1. The molecule has 5 N–H and O–H groups in total. The summed E-state index contributed by atoms with van der Waals surface area (Å²) in [4.78, 5) is 25.4. The van der Waals surface area contributed by atoms with Gasteiger partial charge in [0.15, 0.2) is 6.29 Å². The number of hydrogen-bond acceptors (Lipinski definition) is 10. The van der Waals surface area contributed by atoms with E-state index in [1.165, 1.54) is 12.5 Å². The number of aliphatic hydroxyl groups is 4. The van der Waals surface area contributed by atoms with Gasteiger partial charge in [-0.25, -0.2) is 4.79 Å². The second-order valence-corrected chi connectivity index (χ2v) is 11.1. The highest BCUT2D eigenvalue weighted by molar-refractivity contribution is 5.89. The van der Waals surface area contributed by atoms with Gasteiger partial charge in [-0.2, -0.15) is 0 Å². The van der Waals surface area contributed by atoms with Crippen LogP contribution in [0.25, 0.3) is 0 Å². The van der Waals surface area contributed by atoms with Crippen molar-refractivity contribution < 1.29 is 53.7 Å². The fourth-order valence-electron chi connectivity index (χ4n) is 7.29. The largest absolute Gasteiger partial charge is 0.478 e. The van der Waals surface area contributed by atoms with Crippen molar-refractivity contribution in [3.63, 3.8) is 0 Å². The summed E-state index contributed by atoms with van der Waals surface area (Å²) >= 11 is 0. The molecule has 0 aromatic carbocycles. The normalized spacial score (nSPS) is 44.1. The molecule has 0 unspecified atom stereocenters. The molecule has 37 heavy (non-hydrogen) atoms. The highest BCUT2D eigenvalue weighted by atomic mass is 16.7. The number of aliphatic carboxylic acids is 1. The third-order valence-electron chi connectivity index (χ3n) is 9.28. The van der Waals surface area contributed by atoms with Crippen LogP contribution >= 0.6 is 0 Å². The third-order valence-corrected chi connectivity index (χ3v) is 9.28. The average molecular weight is 523 g/mol. The van der Waals surface area contributed by atoms with E-state index >= 15 is 0 Å². The van der Waals surface area contributed by atoms with Gasteiger partial charge in [0.05, 0.1) is 31.2 Å². The summed E-state index contributed by atoms with van der Waals surface area (Å²) in [6.45, 7) is 3.22. The van der Waals surface area contributed by atoms with Crippen LogP contribution in [0.1, 0.15) is 51.2 Å². The molecule has 11 heteroatoms. The van der Waals surface area contributed by atoms with Crippen LogP contribution in [0.3, 0.4) is 0 Å². The number of carbonyl (C=O) groups is 2. The maximum absolute atomic E-state index is 13.1. The minimum Gasteiger partial charge on any atom is -0.478 e. The van der Waals surface area contributed by atoms with Gasteiger partial charge in [0.1, 0.15) is 30.5 Å². The Morgan fingerprint density at radius 2 is 1.97 bits per heavy atom. The minimum atomic E-state index is -1.61. The summed E-state index contributed by atoms with van der Waals surface area (Å²) in [6.07, 6.45) is -2.13. The molecule has 5 rings (SSSR count). The van der Waals surface area contributed by atoms with Gasteiger partial charge >= 0.3 is 11.9 Å². The molecule has 1 saturated carbocycles. The number of fused-ring (bicyclic) bond motifs is 4. The van der Waals surface area contributed by atoms with Gasteiger partial charge in [-0.15, -0.1) is 0 Å². The first-order valence-electron chi connectivity index (χ1n) is 12.6. The molecule has 2 aliphatic heterocycles. The predicted octanol–water partition coefficient (Wildman–Crippen LogP) is 0.906. The summed E-state index contributed by atoms with van der Waals surface area (Å²) in [6, 6.07) is 1.68. The van der Waals surface area contributed by atoms with Crippen LogP contribution in [0.15, 0.2) is 34.7 Å². The fraction of sp³-hybridized carbons (Fsp3) is 0.692. The topological polar surface area (TPSA) is 176 Å². The van der Waals surface area contributed by atoms with Gasteiger partial charge in [0, 0.05) is 16.6 Å². The van der Waals surface area contributed by atoms with Crippen molar-refractivity contribution in [3.8, 4) is 0 Å². The lowest BCUT2D eigenvalue weighted by atomic mass is 9.46. The number of furan rings is 1. The van der Waals surface area contributed by atoms with Gasteiger partial charge in [0.2, 0.25) is 0 Å². The lowest BCUT2D eigenvalue weighted by molar-refractivity contribution is -0.315. The molecule has 2 aliphatic carbocycles. The Hall–Kier alpha value is -2.28. The summed E-state index contributed by atoms with van der Waals surface area (Å²) in [7, 11) is 0. The average Bonchev–Trinajstić information content (AvgIpc) is 3.53. The van der Waals surface area contributed by atoms with Crippen LogP contribution in [0, 0.1) is 22.7 Å². The molecule has 0 radical (unpaired) electrons. The van der Waals surface area contributed by atoms with E-state index in [4.69, 9.17) is 18.6 Å². The molecule has 11 atom stereocenters. The Morgan fingerprint density at radius 1 is 1.22 bits per heavy atom. The zero-order chi connectivity index (χ0) is 26.7. The van der Waals surface area contributed by atoms with Gasteiger partial charge in [-0.1, -0.05) is 19.9 Å². The number of aliphatic hydroxyl groups excluding tert-OH is 4. The van der Waals surface area contributed by atoms with Gasteiger partial charge in [0.25, 0.3) is 0 Å². The summed E-state index contributed by atoms with van der Waals surface area (Å²) < 4.78 is 22.8. The molecule has 1 aromatic rings. The third kappa shape index (κ3) is 4.03. The molecule has 204 valence electrons. The van der Waals surface area contributed by atoms with E-state index in [2.05, 4.69) is 0 Å². The maximum atomic E-state index is 13.1. The Kier molecular flexibility index (Phi) is 6.74. The molecule has 1 aromatic heterocycles. The van der Waals surface area contributed by atoms with Crippen molar-refractivity contribution in [2.45, 2.75) is 82.4 Å². The number of hydrogen-bond donors (Lipinski definition) is 5. The maximum Gasteiger partial charge on any atom is 0.331 e. The Morgan fingerprint density at radius 3 is 2.62 bits per heavy atom. The number of allylic oxidation sites excluding steroid dienone is 1. The quantitative estimate of drug-likeness (QED) is 0.322. The number of carbonyl (C=O) groups excluding carboxylic acids is 1. The van der Waals surface area contributed by atoms with Gasteiger partial charge in [-0.05, 0) is 43.1 Å². The zero-order valence-corrected chi connectivity index (χ0v) is 20.7. The van der Waals surface area contributed by atoms with Crippen molar-refractivity contribution >= 4 is 11.9 Å². The smallest absolute Gasteiger partial charge is 0.331 e. The van der Waals surface area contributed by atoms with Crippen molar-refractivity contribution in [2.75, 3.05) is 6.61 Å². The van der Waals surface area contributed by atoms with Crippen molar-refractivity contribution in [1.82, 2.24) is 0 Å². The first kappa shape index (κ1) is 26.3. The fourth-order valence-corrected chi connectivity index (χ4v) is 7.29. The second kappa shape index (κ2) is 9.48. The highest BCUT2D eigenvalue weighted by Gasteiger charge is 2.67. The lowest BCUT2D eigenvalue weighted by Gasteiger charge is -2.56. The first-order chi connectivity index (χ1) is 17.5. The van der Waals surface area contributed by atoms with E-state index in [0.29, 0.717) is 24.8 Å². The summed E-state index contributed by atoms with van der Waals surface area (Å²) in [5.41, 5.74) is -0.809. The number of esters is 1. The predicted molar refractivity (Wildman–Crippen MR) is 124 cm³/mol. The standard InChI is InChI=1S/C26H34O11/c1-25(14-8-18(37-23(14)33)26(2)13(22(31)32)4-3-5-17(25)26)9-15(12-6-7-34-11-12)35-24-21(30)20(29)19(28)16(10-27)36-24/h4,6-7,11,14-21,24,27-30H,3,5,8-10H2,1-2H3,(H,31,32)/t14-,15+,16+,17-,18-,19+,20-,21+,24+,25+,26-/m0/s1. The van der Waals surface area contributed by atoms with E-state index in [1.54, 1.807) is 12.1 Å². The van der Waals surface area contributed by atoms with Crippen LogP contribution in [-0.4, -0.2) is 80.9 Å². The second-order valence-electron chi connectivity index (χ2n) is 11.1. The molecular formula is C26H34O11. The molecule has 0 amide bonds. The Balaban J connectivity index is 1.50. The number of rotatable bonds is 7. The molecule has 2 bridgehead atoms. The Labute approximate surface area is 213 Å². The van der Waals surface area contributed by atoms with E-state index in [1.807, 2.05) is 13.8 Å². The van der Waals surface area contributed by atoms with E-state index < -0.39 is 72.2 Å². The number of carboxylic acid groups (broad SMARTS) is 1. The minimum absolute atomic E-state index is 0.223. The molecule has 4 aliphatic rings. The molecule has 11 nitrogen and oxygen atoms in total. The lowest BCUT2D eigenvalue weighted by Crippen LogP contribution is -2.59. The van der Waals surface area contributed by atoms with Crippen LogP contribution in [0.5, 0.6) is 0 Å². The molecule has 0 spiro atoms. The van der Waals surface area contributed by atoms with Crippen molar-refractivity contribution in [2.24, 2.45) is 22.7 Å². The summed E-state index contributed by atoms with van der Waals surface area (Å²) in [5.74, 6) is -2.11. The highest BCUT2D eigenvalue weighted by Crippen LogP contribution is 2.66. The van der Waals surface area contributed by atoms with E-state index in [-0.39, 0.29) is 23.9 Å². The SMILES string of the molecule is C[C@@]1(C[C@@H](O[C@@H]2O[C@H](CO)[C@@H](O)[C@H](O)[C@H]2O)c2ccoc2)[C@H]2C[C@H](OC2=O)[C@@]2(C)C(C(=O)O)=CCC[C@@H]12. The van der Waals surface area contributed by atoms with Crippen LogP contribution in [0.4, 0.5) is 0 Å². The molecular weight excluding hydrogens is 488 g/mol. The van der Waals surface area contributed by atoms with Crippen LogP contribution < -0.4 is 0 Å². The van der Waals surface area contributed by atoms with Crippen LogP contribution in [0.2, 0.25) is 0 Å². The van der Waals surface area contributed by atoms with Gasteiger partial charge in [-0.3, -0.25) is 4.79 Å². The molecule has 3 fully saturated rings. The first-order valence-corrected chi connectivity index (χ1v) is 12.6. The number of ether oxygens (including phenoxy) is 3. The van der Waals surface area contributed by atoms with E-state index in [0.717, 1.165) is 0 Å². The van der Waals surface area contributed by atoms with Crippen molar-refractivity contribution in [1.29, 1.82) is 0 Å². The monoisotopic (exact) mass is 522 g/mol. The van der Waals surface area contributed by atoms with Crippen LogP contribution in [-0.2, 0) is 23.8 Å². The van der Waals surface area contributed by atoms with Gasteiger partial charge < -0.3 is 44.2 Å². The molecule has 2 saturated heterocycles. The zero-order valence-electron chi connectivity index (χ0n) is 20.7. The summed E-state index contributed by atoms with van der Waals surface area (Å²) in [5, 5.41) is 50.6. The molecule has 3 heterocycles. The van der Waals surface area contributed by atoms with Crippen molar-refractivity contribution in [3.05, 3.63) is 35.8 Å². The Bertz CT molecular complexity index is 1050. The van der Waals surface area contributed by atoms with E-state index in [9.17, 15) is 35.1 Å².